The van der Waals surface area contributed by atoms with Crippen LogP contribution in [0.1, 0.15) is 29.6 Å². The topological polar surface area (TPSA) is 79.4 Å². The molecule has 0 bridgehead atoms. The first-order chi connectivity index (χ1) is 11.7. The van der Waals surface area contributed by atoms with Gasteiger partial charge >= 0.3 is 0 Å². The normalized spacial score (nSPS) is 10.8. The van der Waals surface area contributed by atoms with Gasteiger partial charge in [-0.25, -0.2) is 4.98 Å². The fraction of sp³-hybridized carbons (Fsp3) is 0.333. The van der Waals surface area contributed by atoms with Gasteiger partial charge in [0.05, 0.1) is 16.7 Å². The molecule has 0 saturated heterocycles. The van der Waals surface area contributed by atoms with Crippen LogP contribution >= 0.6 is 0 Å². The molecule has 0 spiro atoms. The summed E-state index contributed by atoms with van der Waals surface area (Å²) in [5, 5.41) is 20.8. The van der Waals surface area contributed by atoms with Crippen molar-refractivity contribution < 1.29 is 0 Å². The number of rotatable bonds is 5. The van der Waals surface area contributed by atoms with E-state index in [0.29, 0.717) is 17.9 Å². The van der Waals surface area contributed by atoms with Crippen LogP contribution in [-0.4, -0.2) is 26.3 Å². The van der Waals surface area contributed by atoms with E-state index in [1.54, 1.807) is 0 Å². The standard InChI is InChI=1S/C18H20N6/c1-4-24-16-8-6-5-7-15(16)21-17(24)9-10-20-18-14(11-19)12(2)13(3)22-23-18/h5-8H,4,9-10H2,1-3H3,(H,20,23). The Morgan fingerprint density at radius 1 is 1.21 bits per heavy atom. The number of para-hydroxylation sites is 2. The van der Waals surface area contributed by atoms with Gasteiger partial charge in [-0.05, 0) is 38.5 Å². The summed E-state index contributed by atoms with van der Waals surface area (Å²) in [6.45, 7) is 7.40. The molecule has 0 saturated carbocycles. The van der Waals surface area contributed by atoms with Gasteiger partial charge in [-0.2, -0.15) is 10.4 Å². The van der Waals surface area contributed by atoms with Crippen LogP contribution in [0.3, 0.4) is 0 Å². The monoisotopic (exact) mass is 320 g/mol. The predicted octanol–water partition coefficient (Wildman–Crippen LogP) is 2.99. The lowest BCUT2D eigenvalue weighted by atomic mass is 10.1. The zero-order chi connectivity index (χ0) is 17.1. The Hall–Kier alpha value is -2.94. The number of benzene rings is 1. The van der Waals surface area contributed by atoms with Crippen molar-refractivity contribution in [3.63, 3.8) is 0 Å². The van der Waals surface area contributed by atoms with Crippen molar-refractivity contribution in [2.24, 2.45) is 0 Å². The van der Waals surface area contributed by atoms with Crippen LogP contribution in [0.4, 0.5) is 5.82 Å². The third kappa shape index (κ3) is 2.81. The maximum atomic E-state index is 9.34. The number of nitriles is 1. The maximum Gasteiger partial charge on any atom is 0.166 e. The Labute approximate surface area is 141 Å². The number of fused-ring (bicyclic) bond motifs is 1. The van der Waals surface area contributed by atoms with Gasteiger partial charge in [0.2, 0.25) is 0 Å². The maximum absolute atomic E-state index is 9.34. The lowest BCUT2D eigenvalue weighted by Crippen LogP contribution is -2.13. The molecule has 122 valence electrons. The summed E-state index contributed by atoms with van der Waals surface area (Å²) in [5.74, 6) is 1.57. The highest BCUT2D eigenvalue weighted by atomic mass is 15.2. The van der Waals surface area contributed by atoms with Crippen molar-refractivity contribution in [1.29, 1.82) is 5.26 Å². The number of aryl methyl sites for hydroxylation is 2. The Morgan fingerprint density at radius 3 is 2.75 bits per heavy atom. The number of nitrogens with zero attached hydrogens (tertiary/aromatic N) is 5. The fourth-order valence-corrected chi connectivity index (χ4v) is 2.83. The molecule has 0 radical (unpaired) electrons. The second-order valence-corrected chi connectivity index (χ2v) is 5.68. The van der Waals surface area contributed by atoms with Crippen LogP contribution in [0.2, 0.25) is 0 Å². The first-order valence-electron chi connectivity index (χ1n) is 8.07. The fourth-order valence-electron chi connectivity index (χ4n) is 2.83. The van der Waals surface area contributed by atoms with E-state index in [1.807, 2.05) is 32.0 Å². The van der Waals surface area contributed by atoms with E-state index in [1.165, 1.54) is 0 Å². The largest absolute Gasteiger partial charge is 0.367 e. The van der Waals surface area contributed by atoms with Crippen LogP contribution in [0, 0.1) is 25.2 Å². The predicted molar refractivity (Wildman–Crippen MR) is 93.8 cm³/mol. The van der Waals surface area contributed by atoms with Gasteiger partial charge in [-0.15, -0.1) is 5.10 Å². The van der Waals surface area contributed by atoms with Gasteiger partial charge in [0.15, 0.2) is 5.82 Å². The molecular weight excluding hydrogens is 300 g/mol. The minimum absolute atomic E-state index is 0.541. The van der Waals surface area contributed by atoms with Crippen LogP contribution in [-0.2, 0) is 13.0 Å². The van der Waals surface area contributed by atoms with E-state index in [4.69, 9.17) is 4.98 Å². The first-order valence-corrected chi connectivity index (χ1v) is 8.07. The minimum atomic E-state index is 0.541. The molecule has 2 aromatic heterocycles. The third-order valence-corrected chi connectivity index (χ3v) is 4.26. The number of imidazole rings is 1. The summed E-state index contributed by atoms with van der Waals surface area (Å²) in [4.78, 5) is 4.71. The highest BCUT2D eigenvalue weighted by Crippen LogP contribution is 2.18. The minimum Gasteiger partial charge on any atom is -0.367 e. The Balaban J connectivity index is 1.78. The average Bonchev–Trinajstić information content (AvgIpc) is 2.95. The summed E-state index contributed by atoms with van der Waals surface area (Å²) in [5.41, 5.74) is 4.38. The molecule has 2 heterocycles. The van der Waals surface area contributed by atoms with Crippen molar-refractivity contribution in [3.8, 4) is 6.07 Å². The van der Waals surface area contributed by atoms with Crippen molar-refractivity contribution in [3.05, 3.63) is 46.9 Å². The molecule has 0 amide bonds. The number of nitrogens with one attached hydrogen (secondary N) is 1. The van der Waals surface area contributed by atoms with Gasteiger partial charge in [-0.1, -0.05) is 12.1 Å². The second-order valence-electron chi connectivity index (χ2n) is 5.68. The first kappa shape index (κ1) is 15.9. The number of hydrogen-bond acceptors (Lipinski definition) is 5. The smallest absolute Gasteiger partial charge is 0.166 e. The molecule has 0 aliphatic rings. The highest BCUT2D eigenvalue weighted by molar-refractivity contribution is 5.75. The molecular formula is C18H20N6. The Bertz CT molecular complexity index is 919. The molecule has 24 heavy (non-hydrogen) atoms. The molecule has 0 fully saturated rings. The molecule has 0 aliphatic heterocycles. The van der Waals surface area contributed by atoms with E-state index >= 15 is 0 Å². The van der Waals surface area contributed by atoms with Gasteiger partial charge in [0.1, 0.15) is 17.5 Å². The van der Waals surface area contributed by atoms with Crippen LogP contribution in [0.5, 0.6) is 0 Å². The molecule has 0 aliphatic carbocycles. The van der Waals surface area contributed by atoms with E-state index in [2.05, 4.69) is 39.1 Å². The number of anilines is 1. The van der Waals surface area contributed by atoms with E-state index in [9.17, 15) is 5.26 Å². The lowest BCUT2D eigenvalue weighted by Gasteiger charge is -2.10. The summed E-state index contributed by atoms with van der Waals surface area (Å²) in [6, 6.07) is 10.4. The van der Waals surface area contributed by atoms with Gasteiger partial charge in [0.25, 0.3) is 0 Å². The Kier molecular flexibility index (Phi) is 4.43. The molecule has 6 nitrogen and oxygen atoms in total. The molecule has 6 heteroatoms. The quantitative estimate of drug-likeness (QED) is 0.782. The van der Waals surface area contributed by atoms with Gasteiger partial charge < -0.3 is 9.88 Å². The SMILES string of the molecule is CCn1c(CCNc2nnc(C)c(C)c2C#N)nc2ccccc21. The number of hydrogen-bond donors (Lipinski definition) is 1. The van der Waals surface area contributed by atoms with Crippen molar-refractivity contribution in [2.45, 2.75) is 33.7 Å². The average molecular weight is 320 g/mol. The molecule has 0 atom stereocenters. The molecule has 3 aromatic rings. The van der Waals surface area contributed by atoms with Gasteiger partial charge in [-0.3, -0.25) is 0 Å². The lowest BCUT2D eigenvalue weighted by molar-refractivity contribution is 0.716. The van der Waals surface area contributed by atoms with E-state index < -0.39 is 0 Å². The highest BCUT2D eigenvalue weighted by Gasteiger charge is 2.12. The Morgan fingerprint density at radius 2 is 2.00 bits per heavy atom. The van der Waals surface area contributed by atoms with Crippen LogP contribution in [0.25, 0.3) is 11.0 Å². The number of aromatic nitrogens is 4. The zero-order valence-corrected chi connectivity index (χ0v) is 14.2. The van der Waals surface area contributed by atoms with Crippen LogP contribution in [0.15, 0.2) is 24.3 Å². The molecule has 1 N–H and O–H groups in total. The molecule has 0 unspecified atom stereocenters. The summed E-state index contributed by atoms with van der Waals surface area (Å²) >= 11 is 0. The zero-order valence-electron chi connectivity index (χ0n) is 14.2. The van der Waals surface area contributed by atoms with Crippen LogP contribution < -0.4 is 5.32 Å². The summed E-state index contributed by atoms with van der Waals surface area (Å²) < 4.78 is 2.22. The van der Waals surface area contributed by atoms with Crippen molar-refractivity contribution in [1.82, 2.24) is 19.7 Å². The van der Waals surface area contributed by atoms with E-state index in [0.717, 1.165) is 41.1 Å². The second kappa shape index (κ2) is 6.67. The summed E-state index contributed by atoms with van der Waals surface area (Å²) in [6.07, 6.45) is 0.752. The molecule has 3 rings (SSSR count). The third-order valence-electron chi connectivity index (χ3n) is 4.26. The van der Waals surface area contributed by atoms with Crippen molar-refractivity contribution >= 4 is 16.9 Å². The van der Waals surface area contributed by atoms with Crippen molar-refractivity contribution in [2.75, 3.05) is 11.9 Å². The van der Waals surface area contributed by atoms with Gasteiger partial charge in [0, 0.05) is 19.5 Å². The van der Waals surface area contributed by atoms with E-state index in [-0.39, 0.29) is 0 Å². The molecule has 1 aromatic carbocycles. The summed E-state index contributed by atoms with van der Waals surface area (Å²) in [7, 11) is 0.